The van der Waals surface area contributed by atoms with Crippen LogP contribution in [0.15, 0.2) is 85.1 Å². The van der Waals surface area contributed by atoms with Crippen LogP contribution in [0.3, 0.4) is 0 Å². The molecule has 0 bridgehead atoms. The molecular weight excluding hydrogens is 520 g/mol. The first kappa shape index (κ1) is 29.7. The van der Waals surface area contributed by atoms with E-state index in [-0.39, 0.29) is 0 Å². The van der Waals surface area contributed by atoms with Gasteiger partial charge in [0.1, 0.15) is 5.60 Å². The smallest absolute Gasteiger partial charge is 0.419 e. The zero-order chi connectivity index (χ0) is 28.9. The Morgan fingerprint density at radius 3 is 2.23 bits per heavy atom. The Bertz CT molecular complexity index is 1470. The summed E-state index contributed by atoms with van der Waals surface area (Å²) < 4.78 is 29.7. The number of carbonyl (C=O) groups is 1. The molecule has 0 aliphatic rings. The zero-order valence-electron chi connectivity index (χ0n) is 24.3. The van der Waals surface area contributed by atoms with E-state index in [0.717, 1.165) is 33.2 Å². The maximum atomic E-state index is 13.5. The van der Waals surface area contributed by atoms with E-state index in [2.05, 4.69) is 29.0 Å². The van der Waals surface area contributed by atoms with Gasteiger partial charge in [0.15, 0.2) is 0 Å². The van der Waals surface area contributed by atoms with Crippen LogP contribution in [0.2, 0.25) is 0 Å². The Labute approximate surface area is 240 Å². The molecule has 0 aliphatic heterocycles. The second-order valence-corrected chi connectivity index (χ2v) is 13.9. The number of hydrogen-bond donors (Lipinski definition) is 1. The molecule has 212 valence electrons. The molecule has 4 aromatic rings. The molecule has 40 heavy (non-hydrogen) atoms. The molecule has 0 unspecified atom stereocenters. The van der Waals surface area contributed by atoms with E-state index >= 15 is 0 Å². The number of rotatable bonds is 9. The van der Waals surface area contributed by atoms with Gasteiger partial charge in [-0.25, -0.2) is 13.7 Å². The van der Waals surface area contributed by atoms with E-state index < -0.39 is 33.5 Å². The van der Waals surface area contributed by atoms with Crippen molar-refractivity contribution in [2.24, 2.45) is 0 Å². The standard InChI is InChI=1S/C33H40N2O4S/c1-32(2,3)39-31(36)35-22-28(27-18-12-13-19-29(27)35)30(34-40(37)33(4,5)6)26-17-11-10-16-25(26)20-21-38-23-24-14-8-7-9-15-24/h7-19,22,30,34H,20-21,23H2,1-6H3/t30-,40+/m0/s1. The second kappa shape index (κ2) is 12.5. The van der Waals surface area contributed by atoms with Gasteiger partial charge in [0.2, 0.25) is 0 Å². The minimum Gasteiger partial charge on any atom is -0.443 e. The topological polar surface area (TPSA) is 69.6 Å². The zero-order valence-corrected chi connectivity index (χ0v) is 25.1. The Morgan fingerprint density at radius 1 is 0.875 bits per heavy atom. The summed E-state index contributed by atoms with van der Waals surface area (Å²) in [6, 6.07) is 25.6. The first-order valence-electron chi connectivity index (χ1n) is 13.6. The van der Waals surface area contributed by atoms with Crippen LogP contribution in [0, 0.1) is 0 Å². The molecule has 0 saturated heterocycles. The summed E-state index contributed by atoms with van der Waals surface area (Å²) >= 11 is 0. The third-order valence-electron chi connectivity index (χ3n) is 6.42. The predicted octanol–water partition coefficient (Wildman–Crippen LogP) is 7.33. The van der Waals surface area contributed by atoms with E-state index in [9.17, 15) is 9.00 Å². The van der Waals surface area contributed by atoms with Gasteiger partial charge in [-0.3, -0.25) is 4.57 Å². The van der Waals surface area contributed by atoms with Crippen LogP contribution in [-0.4, -0.2) is 31.8 Å². The molecule has 2 atom stereocenters. The van der Waals surface area contributed by atoms with Crippen LogP contribution in [0.4, 0.5) is 4.79 Å². The molecule has 0 fully saturated rings. The van der Waals surface area contributed by atoms with Crippen molar-refractivity contribution in [2.75, 3.05) is 6.61 Å². The van der Waals surface area contributed by atoms with Gasteiger partial charge in [-0.2, -0.15) is 0 Å². The SMILES string of the molecule is CC(C)(C)OC(=O)n1cc([C@@H](N[S@](=O)C(C)(C)C)c2ccccc2CCOCc2ccccc2)c2ccccc21. The molecule has 4 rings (SSSR count). The summed E-state index contributed by atoms with van der Waals surface area (Å²) in [6.07, 6.45) is 2.06. The van der Waals surface area contributed by atoms with Crippen molar-refractivity contribution in [1.29, 1.82) is 0 Å². The number of nitrogens with zero attached hydrogens (tertiary/aromatic N) is 1. The van der Waals surface area contributed by atoms with Crippen molar-refractivity contribution in [1.82, 2.24) is 9.29 Å². The van der Waals surface area contributed by atoms with Crippen LogP contribution in [-0.2, 0) is 33.5 Å². The van der Waals surface area contributed by atoms with Gasteiger partial charge in [0.05, 0.1) is 40.5 Å². The normalized spacial score (nSPS) is 13.8. The van der Waals surface area contributed by atoms with Crippen LogP contribution >= 0.6 is 0 Å². The average molecular weight is 561 g/mol. The lowest BCUT2D eigenvalue weighted by atomic mass is 9.93. The molecule has 0 amide bonds. The highest BCUT2D eigenvalue weighted by atomic mass is 32.2. The second-order valence-electron chi connectivity index (χ2n) is 11.9. The molecular formula is C33H40N2O4S. The number of nitrogens with one attached hydrogen (secondary N) is 1. The van der Waals surface area contributed by atoms with Gasteiger partial charge < -0.3 is 9.47 Å². The van der Waals surface area contributed by atoms with E-state index in [4.69, 9.17) is 9.47 Å². The molecule has 1 heterocycles. The summed E-state index contributed by atoms with van der Waals surface area (Å²) in [5.41, 5.74) is 4.18. The molecule has 0 spiro atoms. The van der Waals surface area contributed by atoms with Crippen molar-refractivity contribution < 1.29 is 18.5 Å². The highest BCUT2D eigenvalue weighted by Gasteiger charge is 2.29. The van der Waals surface area contributed by atoms with E-state index in [1.54, 1.807) is 4.57 Å². The molecule has 7 heteroatoms. The minimum atomic E-state index is -1.38. The lowest BCUT2D eigenvalue weighted by Gasteiger charge is -2.26. The van der Waals surface area contributed by atoms with Crippen LogP contribution < -0.4 is 4.72 Å². The lowest BCUT2D eigenvalue weighted by Crippen LogP contribution is -2.36. The Morgan fingerprint density at radius 2 is 1.52 bits per heavy atom. The fourth-order valence-corrected chi connectivity index (χ4v) is 5.29. The highest BCUT2D eigenvalue weighted by molar-refractivity contribution is 7.84. The van der Waals surface area contributed by atoms with Gasteiger partial charge in [-0.1, -0.05) is 72.8 Å². The van der Waals surface area contributed by atoms with Crippen molar-refractivity contribution in [3.05, 3.63) is 107 Å². The summed E-state index contributed by atoms with van der Waals surface area (Å²) in [7, 11) is -1.38. The first-order valence-corrected chi connectivity index (χ1v) is 14.8. The summed E-state index contributed by atoms with van der Waals surface area (Å²) in [5.74, 6) is 0. The molecule has 3 aromatic carbocycles. The summed E-state index contributed by atoms with van der Waals surface area (Å²) in [6.45, 7) is 12.5. The van der Waals surface area contributed by atoms with Gasteiger partial charge in [0, 0.05) is 17.1 Å². The quantitative estimate of drug-likeness (QED) is 0.218. The maximum Gasteiger partial charge on any atom is 0.419 e. The van der Waals surface area contributed by atoms with E-state index in [1.165, 1.54) is 0 Å². The lowest BCUT2D eigenvalue weighted by molar-refractivity contribution is 0.0544. The summed E-state index contributed by atoms with van der Waals surface area (Å²) in [4.78, 5) is 13.2. The van der Waals surface area contributed by atoms with E-state index in [0.29, 0.717) is 19.6 Å². The van der Waals surface area contributed by atoms with Crippen LogP contribution in [0.25, 0.3) is 10.9 Å². The largest absolute Gasteiger partial charge is 0.443 e. The molecule has 0 aliphatic carbocycles. The fourth-order valence-electron chi connectivity index (χ4n) is 4.47. The number of ether oxygens (including phenoxy) is 2. The van der Waals surface area contributed by atoms with Crippen molar-refractivity contribution in [3.8, 4) is 0 Å². The Hall–Kier alpha value is -3.26. The number of aromatic nitrogens is 1. The highest BCUT2D eigenvalue weighted by Crippen LogP contribution is 2.34. The van der Waals surface area contributed by atoms with E-state index in [1.807, 2.05) is 102 Å². The minimum absolute atomic E-state index is 0.432. The van der Waals surface area contributed by atoms with Crippen LogP contribution in [0.5, 0.6) is 0 Å². The van der Waals surface area contributed by atoms with Crippen LogP contribution in [0.1, 0.15) is 69.8 Å². The van der Waals surface area contributed by atoms with Gasteiger partial charge in [-0.05, 0) is 70.7 Å². The molecule has 1 aromatic heterocycles. The monoisotopic (exact) mass is 560 g/mol. The Kier molecular flexibility index (Phi) is 9.29. The third-order valence-corrected chi connectivity index (χ3v) is 7.98. The third kappa shape index (κ3) is 7.47. The van der Waals surface area contributed by atoms with Gasteiger partial charge in [-0.15, -0.1) is 0 Å². The molecule has 0 saturated carbocycles. The maximum absolute atomic E-state index is 13.5. The number of carbonyl (C=O) groups excluding carboxylic acids is 1. The molecule has 1 N–H and O–H groups in total. The van der Waals surface area contributed by atoms with Gasteiger partial charge in [0.25, 0.3) is 0 Å². The number of fused-ring (bicyclic) bond motifs is 1. The van der Waals surface area contributed by atoms with Crippen molar-refractivity contribution in [3.63, 3.8) is 0 Å². The average Bonchev–Trinajstić information content (AvgIpc) is 3.29. The number of hydrogen-bond acceptors (Lipinski definition) is 4. The Balaban J connectivity index is 1.72. The fraction of sp³-hybridized carbons (Fsp3) is 0.364. The first-order chi connectivity index (χ1) is 18.9. The molecule has 6 nitrogen and oxygen atoms in total. The number of benzene rings is 3. The van der Waals surface area contributed by atoms with Crippen molar-refractivity contribution >= 4 is 28.0 Å². The van der Waals surface area contributed by atoms with Gasteiger partial charge >= 0.3 is 6.09 Å². The predicted molar refractivity (Wildman–Crippen MR) is 163 cm³/mol. The summed E-state index contributed by atoms with van der Waals surface area (Å²) in [5, 5.41) is 0.895. The number of para-hydroxylation sites is 1. The van der Waals surface area contributed by atoms with Crippen molar-refractivity contribution in [2.45, 2.75) is 71.0 Å². The molecule has 0 radical (unpaired) electrons.